The monoisotopic (exact) mass is 334 g/mol. The number of anilines is 1. The molecule has 118 valence electrons. The summed E-state index contributed by atoms with van der Waals surface area (Å²) in [4.78, 5) is 10.1. The van der Waals surface area contributed by atoms with Crippen molar-refractivity contribution in [2.45, 2.75) is 12.7 Å². The Morgan fingerprint density at radius 3 is 2.68 bits per heavy atom. The van der Waals surface area contributed by atoms with Gasteiger partial charge >= 0.3 is 6.18 Å². The van der Waals surface area contributed by atoms with Crippen LogP contribution >= 0.6 is 11.6 Å². The Hall–Kier alpha value is -2.29. The van der Waals surface area contributed by atoms with Gasteiger partial charge in [-0.2, -0.15) is 18.3 Å². The Bertz CT molecular complexity index is 674. The van der Waals surface area contributed by atoms with Crippen molar-refractivity contribution in [2.75, 3.05) is 11.9 Å². The first kappa shape index (κ1) is 16.1. The van der Waals surface area contributed by atoms with Crippen molar-refractivity contribution in [3.8, 4) is 0 Å². The molecule has 1 aromatic heterocycles. The second-order valence-electron chi connectivity index (χ2n) is 4.30. The quantitative estimate of drug-likeness (QED) is 0.670. The second-order valence-corrected chi connectivity index (χ2v) is 4.71. The molecule has 0 bridgehead atoms. The van der Waals surface area contributed by atoms with Crippen molar-refractivity contribution in [3.63, 3.8) is 0 Å². The summed E-state index contributed by atoms with van der Waals surface area (Å²) in [7, 11) is 0. The molecule has 0 saturated heterocycles. The van der Waals surface area contributed by atoms with E-state index in [4.69, 9.17) is 11.6 Å². The van der Waals surface area contributed by atoms with E-state index in [1.165, 1.54) is 0 Å². The summed E-state index contributed by atoms with van der Waals surface area (Å²) in [5.74, 6) is 0. The third kappa shape index (κ3) is 3.67. The third-order valence-corrected chi connectivity index (χ3v) is 3.12. The molecular weight excluding hydrogens is 325 g/mol. The van der Waals surface area contributed by atoms with E-state index in [9.17, 15) is 23.3 Å². The number of hydrogen-bond donors (Lipinski definition) is 1. The Morgan fingerprint density at radius 2 is 2.14 bits per heavy atom. The summed E-state index contributed by atoms with van der Waals surface area (Å²) in [5, 5.41) is 17.0. The van der Waals surface area contributed by atoms with Gasteiger partial charge in [0.2, 0.25) is 0 Å². The Kier molecular flexibility index (Phi) is 4.55. The molecule has 0 saturated carbocycles. The molecule has 0 spiro atoms. The van der Waals surface area contributed by atoms with Gasteiger partial charge in [-0.1, -0.05) is 11.6 Å². The summed E-state index contributed by atoms with van der Waals surface area (Å²) in [6.07, 6.45) is -1.50. The summed E-state index contributed by atoms with van der Waals surface area (Å²) >= 11 is 5.57. The lowest BCUT2D eigenvalue weighted by Crippen LogP contribution is -2.13. The largest absolute Gasteiger partial charge is 0.418 e. The predicted molar refractivity (Wildman–Crippen MR) is 73.8 cm³/mol. The average Bonchev–Trinajstić information content (AvgIpc) is 2.90. The molecule has 0 aliphatic rings. The molecule has 0 aliphatic heterocycles. The number of nitro benzene ring substituents is 1. The van der Waals surface area contributed by atoms with E-state index in [-0.39, 0.29) is 12.2 Å². The maximum atomic E-state index is 12.7. The van der Waals surface area contributed by atoms with Gasteiger partial charge in [0.15, 0.2) is 0 Å². The normalized spacial score (nSPS) is 11.5. The van der Waals surface area contributed by atoms with E-state index in [2.05, 4.69) is 10.4 Å². The van der Waals surface area contributed by atoms with E-state index in [0.717, 1.165) is 6.07 Å². The van der Waals surface area contributed by atoms with Crippen LogP contribution in [0.15, 0.2) is 30.6 Å². The van der Waals surface area contributed by atoms with Crippen molar-refractivity contribution in [3.05, 3.63) is 51.3 Å². The maximum absolute atomic E-state index is 12.7. The number of nitrogens with one attached hydrogen (secondary N) is 1. The molecule has 1 aromatic carbocycles. The predicted octanol–water partition coefficient (Wildman–Crippen LogP) is 3.58. The van der Waals surface area contributed by atoms with Crippen LogP contribution in [0.3, 0.4) is 0 Å². The third-order valence-electron chi connectivity index (χ3n) is 2.80. The first-order valence-corrected chi connectivity index (χ1v) is 6.43. The zero-order chi connectivity index (χ0) is 16.3. The van der Waals surface area contributed by atoms with Gasteiger partial charge < -0.3 is 5.32 Å². The lowest BCUT2D eigenvalue weighted by molar-refractivity contribution is -0.384. The van der Waals surface area contributed by atoms with Crippen LogP contribution in [0.2, 0.25) is 5.02 Å². The first-order valence-electron chi connectivity index (χ1n) is 6.05. The highest BCUT2D eigenvalue weighted by atomic mass is 35.5. The van der Waals surface area contributed by atoms with Crippen LogP contribution in [0, 0.1) is 10.1 Å². The van der Waals surface area contributed by atoms with Gasteiger partial charge in [-0.15, -0.1) is 0 Å². The number of aromatic nitrogens is 2. The van der Waals surface area contributed by atoms with Crippen molar-refractivity contribution < 1.29 is 18.1 Å². The van der Waals surface area contributed by atoms with Gasteiger partial charge in [0.25, 0.3) is 5.69 Å². The highest BCUT2D eigenvalue weighted by molar-refractivity contribution is 6.31. The van der Waals surface area contributed by atoms with Gasteiger partial charge in [0, 0.05) is 25.0 Å². The van der Waals surface area contributed by atoms with E-state index in [1.54, 1.807) is 23.1 Å². The van der Waals surface area contributed by atoms with Gasteiger partial charge in [-0.3, -0.25) is 14.8 Å². The van der Waals surface area contributed by atoms with Crippen LogP contribution in [0.25, 0.3) is 0 Å². The molecule has 1 heterocycles. The van der Waals surface area contributed by atoms with Gasteiger partial charge in [-0.25, -0.2) is 0 Å². The number of benzene rings is 1. The van der Waals surface area contributed by atoms with Crippen molar-refractivity contribution in [2.24, 2.45) is 0 Å². The van der Waals surface area contributed by atoms with E-state index >= 15 is 0 Å². The Morgan fingerprint density at radius 1 is 1.41 bits per heavy atom. The summed E-state index contributed by atoms with van der Waals surface area (Å²) in [6, 6.07) is 3.04. The first-order chi connectivity index (χ1) is 10.3. The topological polar surface area (TPSA) is 73.0 Å². The molecule has 0 radical (unpaired) electrons. The Labute approximate surface area is 127 Å². The van der Waals surface area contributed by atoms with Gasteiger partial charge in [0.1, 0.15) is 5.69 Å². The summed E-state index contributed by atoms with van der Waals surface area (Å²) in [6.45, 7) is 0.632. The molecule has 0 atom stereocenters. The fourth-order valence-corrected chi connectivity index (χ4v) is 2.08. The SMILES string of the molecule is O=[N+]([O-])c1cc(C(F)(F)F)c(Cl)cc1NCCn1cccn1. The van der Waals surface area contributed by atoms with E-state index < -0.39 is 27.4 Å². The molecule has 10 heteroatoms. The van der Waals surface area contributed by atoms with Gasteiger partial charge in [0.05, 0.1) is 22.1 Å². The van der Waals surface area contributed by atoms with Crippen LogP contribution in [0.1, 0.15) is 5.56 Å². The zero-order valence-electron chi connectivity index (χ0n) is 11.0. The Balaban J connectivity index is 2.22. The molecule has 2 rings (SSSR count). The maximum Gasteiger partial charge on any atom is 0.418 e. The minimum absolute atomic E-state index is 0.0739. The van der Waals surface area contributed by atoms with Crippen LogP contribution in [0.5, 0.6) is 0 Å². The van der Waals surface area contributed by atoms with Crippen molar-refractivity contribution in [1.29, 1.82) is 0 Å². The number of halogens is 4. The van der Waals surface area contributed by atoms with Crippen LogP contribution in [0.4, 0.5) is 24.5 Å². The lowest BCUT2D eigenvalue weighted by Gasteiger charge is -2.12. The minimum Gasteiger partial charge on any atom is -0.378 e. The van der Waals surface area contributed by atoms with Crippen LogP contribution < -0.4 is 5.32 Å². The lowest BCUT2D eigenvalue weighted by atomic mass is 10.1. The van der Waals surface area contributed by atoms with Crippen molar-refractivity contribution >= 4 is 23.0 Å². The molecule has 0 amide bonds. The van der Waals surface area contributed by atoms with Crippen LogP contribution in [-0.2, 0) is 12.7 Å². The molecule has 0 aliphatic carbocycles. The molecule has 2 aromatic rings. The fraction of sp³-hybridized carbons (Fsp3) is 0.250. The van der Waals surface area contributed by atoms with E-state index in [0.29, 0.717) is 12.6 Å². The van der Waals surface area contributed by atoms with Gasteiger partial charge in [-0.05, 0) is 12.1 Å². The number of nitro groups is 1. The standard InChI is InChI=1S/C12H10ClF3N4O2/c13-9-7-10(17-3-5-19-4-1-2-18-19)11(20(21)22)6-8(9)12(14,15)16/h1-2,4,6-7,17H,3,5H2. The number of nitrogens with zero attached hydrogens (tertiary/aromatic N) is 3. The molecule has 22 heavy (non-hydrogen) atoms. The fourth-order valence-electron chi connectivity index (χ4n) is 1.81. The number of hydrogen-bond acceptors (Lipinski definition) is 4. The highest BCUT2D eigenvalue weighted by Gasteiger charge is 2.36. The number of alkyl halides is 3. The molecular formula is C12H10ClF3N4O2. The molecule has 6 nitrogen and oxygen atoms in total. The smallest absolute Gasteiger partial charge is 0.378 e. The van der Waals surface area contributed by atoms with Crippen molar-refractivity contribution in [1.82, 2.24) is 9.78 Å². The molecule has 1 N–H and O–H groups in total. The summed E-state index contributed by atoms with van der Waals surface area (Å²) < 4.78 is 39.7. The summed E-state index contributed by atoms with van der Waals surface area (Å²) in [5.41, 5.74) is -1.99. The second kappa shape index (κ2) is 6.22. The van der Waals surface area contributed by atoms with E-state index in [1.807, 2.05) is 0 Å². The zero-order valence-corrected chi connectivity index (χ0v) is 11.7. The average molecular weight is 335 g/mol. The van der Waals surface area contributed by atoms with Crippen LogP contribution in [-0.4, -0.2) is 21.2 Å². The number of rotatable bonds is 5. The molecule has 0 unspecified atom stereocenters. The molecule has 0 fully saturated rings. The minimum atomic E-state index is -4.75. The highest BCUT2D eigenvalue weighted by Crippen LogP contribution is 2.40.